The Morgan fingerprint density at radius 3 is 1.60 bits per heavy atom. The lowest BCUT2D eigenvalue weighted by Gasteiger charge is -1.45. The quantitative estimate of drug-likeness (QED) is 0.476. The maximum atomic E-state index is 5.00. The number of alkyl halides is 2. The SMILES string of the molecule is CBr.CCCl. The summed E-state index contributed by atoms with van der Waals surface area (Å²) >= 11 is 7.94. The van der Waals surface area contributed by atoms with Crippen LogP contribution in [0.25, 0.3) is 0 Å². The van der Waals surface area contributed by atoms with Gasteiger partial charge in [-0.2, -0.15) is 0 Å². The molecular weight excluding hydrogens is 151 g/mol. The Morgan fingerprint density at radius 1 is 1.60 bits per heavy atom. The highest BCUT2D eigenvalue weighted by molar-refractivity contribution is 9.08. The molecule has 0 heterocycles. The number of hydrogen-bond acceptors (Lipinski definition) is 0. The molecule has 0 aromatic carbocycles. The summed E-state index contributed by atoms with van der Waals surface area (Å²) < 4.78 is 0. The van der Waals surface area contributed by atoms with Crippen LogP contribution in [0.2, 0.25) is 0 Å². The smallest absolute Gasteiger partial charge is 0.0195 e. The van der Waals surface area contributed by atoms with Crippen LogP contribution in [0, 0.1) is 0 Å². The van der Waals surface area contributed by atoms with E-state index in [2.05, 4.69) is 15.9 Å². The summed E-state index contributed by atoms with van der Waals surface area (Å²) in [4.78, 5) is 0. The highest BCUT2D eigenvalue weighted by Crippen LogP contribution is 1.59. The third-order valence-electron chi connectivity index (χ3n) is 0. The van der Waals surface area contributed by atoms with Crippen molar-refractivity contribution < 1.29 is 0 Å². The average molecular weight is 159 g/mol. The van der Waals surface area contributed by atoms with Crippen LogP contribution in [0.15, 0.2) is 0 Å². The molecule has 0 aromatic heterocycles. The molecule has 0 nitrogen and oxygen atoms in total. The second-order valence-corrected chi connectivity index (χ2v) is 0.802. The van der Waals surface area contributed by atoms with E-state index in [-0.39, 0.29) is 0 Å². The number of halogens is 2. The molecule has 0 radical (unpaired) electrons. The van der Waals surface area contributed by atoms with Gasteiger partial charge in [-0.3, -0.25) is 0 Å². The van der Waals surface area contributed by atoms with Gasteiger partial charge in [-0.05, 0) is 5.83 Å². The molecule has 2 heteroatoms. The number of rotatable bonds is 0. The maximum Gasteiger partial charge on any atom is 0.0195 e. The molecule has 0 atom stereocenters. The van der Waals surface area contributed by atoms with E-state index < -0.39 is 0 Å². The third-order valence-corrected chi connectivity index (χ3v) is 0. The molecule has 0 aliphatic carbocycles. The van der Waals surface area contributed by atoms with Gasteiger partial charge in [-0.25, -0.2) is 0 Å². The van der Waals surface area contributed by atoms with Crippen molar-refractivity contribution in [2.45, 2.75) is 6.92 Å². The van der Waals surface area contributed by atoms with E-state index in [0.29, 0.717) is 0 Å². The summed E-state index contributed by atoms with van der Waals surface area (Å²) in [7, 11) is 0. The van der Waals surface area contributed by atoms with E-state index in [1.807, 2.05) is 12.8 Å². The molecule has 34 valence electrons. The van der Waals surface area contributed by atoms with Gasteiger partial charge in [0, 0.05) is 5.88 Å². The highest BCUT2D eigenvalue weighted by Gasteiger charge is 1.38. The van der Waals surface area contributed by atoms with Gasteiger partial charge in [0.05, 0.1) is 0 Å². The largest absolute Gasteiger partial charge is 0.127 e. The normalized spacial score (nSPS) is 4.80. The lowest BCUT2D eigenvalue weighted by molar-refractivity contribution is 1.51. The summed E-state index contributed by atoms with van der Waals surface area (Å²) in [6.07, 6.45) is 0. The van der Waals surface area contributed by atoms with Crippen LogP contribution in [-0.2, 0) is 0 Å². The monoisotopic (exact) mass is 158 g/mol. The zero-order valence-electron chi connectivity index (χ0n) is 3.46. The molecule has 0 aliphatic heterocycles. The Balaban J connectivity index is 0. The molecule has 0 aromatic rings. The van der Waals surface area contributed by atoms with Crippen molar-refractivity contribution in [3.8, 4) is 0 Å². The van der Waals surface area contributed by atoms with Crippen LogP contribution >= 0.6 is 27.5 Å². The molecule has 0 spiro atoms. The topological polar surface area (TPSA) is 0 Å². The molecule has 0 saturated carbocycles. The Hall–Kier alpha value is 0.770. The molecule has 0 unspecified atom stereocenters. The van der Waals surface area contributed by atoms with Gasteiger partial charge in [0.15, 0.2) is 0 Å². The van der Waals surface area contributed by atoms with Gasteiger partial charge < -0.3 is 0 Å². The van der Waals surface area contributed by atoms with Crippen LogP contribution in [-0.4, -0.2) is 11.7 Å². The standard InChI is InChI=1S/C2H5Cl.CH3Br/c1-2-3;1-2/h2H2,1H3;1H3. The Kier molecular flexibility index (Phi) is 40.0. The predicted octanol–water partition coefficient (Wildman–Crippen LogP) is 2.26. The van der Waals surface area contributed by atoms with E-state index in [0.717, 1.165) is 5.88 Å². The molecule has 0 N–H and O–H groups in total. The minimum atomic E-state index is 0.722. The van der Waals surface area contributed by atoms with Gasteiger partial charge in [0.1, 0.15) is 0 Å². The lowest BCUT2D eigenvalue weighted by Crippen LogP contribution is -1.36. The first-order valence-electron chi connectivity index (χ1n) is 1.35. The third kappa shape index (κ3) is 61.7. The van der Waals surface area contributed by atoms with Crippen molar-refractivity contribution in [3.05, 3.63) is 0 Å². The van der Waals surface area contributed by atoms with Gasteiger partial charge in [-0.1, -0.05) is 22.9 Å². The van der Waals surface area contributed by atoms with Crippen molar-refractivity contribution in [3.63, 3.8) is 0 Å². The predicted molar refractivity (Wildman–Crippen MR) is 31.2 cm³/mol. The fraction of sp³-hybridized carbons (Fsp3) is 1.00. The van der Waals surface area contributed by atoms with Gasteiger partial charge in [0.2, 0.25) is 0 Å². The molecule has 0 bridgehead atoms. The lowest BCUT2D eigenvalue weighted by atomic mass is 11.0. The van der Waals surface area contributed by atoms with Crippen molar-refractivity contribution in [1.29, 1.82) is 0 Å². The first-order valence-corrected chi connectivity index (χ1v) is 3.47. The summed E-state index contributed by atoms with van der Waals surface area (Å²) in [6, 6.07) is 0. The zero-order valence-corrected chi connectivity index (χ0v) is 5.80. The fourth-order valence-corrected chi connectivity index (χ4v) is 0. The summed E-state index contributed by atoms with van der Waals surface area (Å²) in [6.45, 7) is 1.89. The molecule has 0 aliphatic rings. The van der Waals surface area contributed by atoms with E-state index in [1.54, 1.807) is 0 Å². The fourth-order valence-electron chi connectivity index (χ4n) is 0. The van der Waals surface area contributed by atoms with Crippen LogP contribution in [0.3, 0.4) is 0 Å². The molecule has 0 saturated heterocycles. The van der Waals surface area contributed by atoms with Crippen molar-refractivity contribution in [2.24, 2.45) is 0 Å². The summed E-state index contributed by atoms with van der Waals surface area (Å²) in [5.74, 6) is 2.53. The second-order valence-electron chi connectivity index (χ2n) is 0.267. The van der Waals surface area contributed by atoms with Gasteiger partial charge in [0.25, 0.3) is 0 Å². The molecule has 0 fully saturated rings. The maximum absolute atomic E-state index is 5.00. The zero-order chi connectivity index (χ0) is 4.71. The van der Waals surface area contributed by atoms with E-state index in [1.165, 1.54) is 0 Å². The second kappa shape index (κ2) is 21.6. The summed E-state index contributed by atoms with van der Waals surface area (Å²) in [5, 5.41) is 0. The van der Waals surface area contributed by atoms with Crippen molar-refractivity contribution in [2.75, 3.05) is 11.7 Å². The number of hydrogen-bond donors (Lipinski definition) is 0. The van der Waals surface area contributed by atoms with Crippen LogP contribution in [0.1, 0.15) is 6.92 Å². The first-order chi connectivity index (χ1) is 2.41. The Bertz CT molecular complexity index is 6.85. The molecule has 0 rings (SSSR count). The van der Waals surface area contributed by atoms with E-state index in [9.17, 15) is 0 Å². The molecule has 0 amide bonds. The van der Waals surface area contributed by atoms with Gasteiger partial charge in [-0.15, -0.1) is 11.6 Å². The Morgan fingerprint density at radius 2 is 1.60 bits per heavy atom. The minimum Gasteiger partial charge on any atom is -0.127 e. The van der Waals surface area contributed by atoms with Gasteiger partial charge >= 0.3 is 0 Å². The average Bonchev–Trinajstić information content (AvgIpc) is 1.46. The Labute approximate surface area is 46.6 Å². The molecular formula is C3H8BrCl. The van der Waals surface area contributed by atoms with Crippen molar-refractivity contribution >= 4 is 27.5 Å². The van der Waals surface area contributed by atoms with E-state index in [4.69, 9.17) is 11.6 Å². The highest BCUT2D eigenvalue weighted by atomic mass is 79.9. The van der Waals surface area contributed by atoms with Crippen LogP contribution in [0.5, 0.6) is 0 Å². The van der Waals surface area contributed by atoms with E-state index >= 15 is 0 Å². The van der Waals surface area contributed by atoms with Crippen LogP contribution in [0.4, 0.5) is 0 Å². The minimum absolute atomic E-state index is 0.722. The van der Waals surface area contributed by atoms with Crippen LogP contribution < -0.4 is 0 Å². The summed E-state index contributed by atoms with van der Waals surface area (Å²) in [5.41, 5.74) is 0. The molecule has 5 heavy (non-hydrogen) atoms. The first kappa shape index (κ1) is 9.24. The van der Waals surface area contributed by atoms with Crippen molar-refractivity contribution in [1.82, 2.24) is 0 Å².